The number of para-hydroxylation sites is 1. The molecule has 1 N–H and O–H groups in total. The van der Waals surface area contributed by atoms with Crippen LogP contribution < -0.4 is 19.6 Å². The molecule has 0 saturated carbocycles. The minimum atomic E-state index is -0.220. The zero-order chi connectivity index (χ0) is 21.1. The van der Waals surface area contributed by atoms with E-state index in [2.05, 4.69) is 30.4 Å². The average Bonchev–Trinajstić information content (AvgIpc) is 2.73. The van der Waals surface area contributed by atoms with Crippen molar-refractivity contribution in [3.05, 3.63) is 53.6 Å². The maximum absolute atomic E-state index is 10.9. The van der Waals surface area contributed by atoms with Gasteiger partial charge in [-0.05, 0) is 47.7 Å². The minimum Gasteiger partial charge on any atom is -0.493 e. The molecule has 1 atom stereocenters. The fourth-order valence-electron chi connectivity index (χ4n) is 2.74. The molecule has 2 aromatic carbocycles. The van der Waals surface area contributed by atoms with Gasteiger partial charge in [0.2, 0.25) is 5.91 Å². The third-order valence-electron chi connectivity index (χ3n) is 4.49. The number of nitrogens with zero attached hydrogens (tertiary/aromatic N) is 1. The van der Waals surface area contributed by atoms with E-state index in [9.17, 15) is 4.79 Å². The van der Waals surface area contributed by atoms with Gasteiger partial charge < -0.3 is 14.2 Å². The summed E-state index contributed by atoms with van der Waals surface area (Å²) in [6, 6.07) is 13.7. The molecule has 0 aliphatic rings. The predicted molar refractivity (Wildman–Crippen MR) is 115 cm³/mol. The zero-order valence-electron chi connectivity index (χ0n) is 17.6. The van der Waals surface area contributed by atoms with Gasteiger partial charge in [0.05, 0.1) is 26.5 Å². The number of methoxy groups -OCH3 is 1. The number of benzene rings is 2. The molecule has 6 heteroatoms. The van der Waals surface area contributed by atoms with Crippen molar-refractivity contribution in [2.45, 2.75) is 39.5 Å². The summed E-state index contributed by atoms with van der Waals surface area (Å²) in [7, 11) is 1.59. The van der Waals surface area contributed by atoms with Crippen molar-refractivity contribution < 1.29 is 19.0 Å². The third kappa shape index (κ3) is 7.14. The van der Waals surface area contributed by atoms with Crippen LogP contribution in [-0.2, 0) is 4.79 Å². The molecule has 0 unspecified atom stereocenters. The molecule has 29 heavy (non-hydrogen) atoms. The van der Waals surface area contributed by atoms with E-state index in [1.165, 1.54) is 12.5 Å². The van der Waals surface area contributed by atoms with Gasteiger partial charge in [0.1, 0.15) is 5.75 Å². The monoisotopic (exact) mass is 398 g/mol. The van der Waals surface area contributed by atoms with Gasteiger partial charge in [-0.3, -0.25) is 4.79 Å². The number of carbonyl (C=O) groups excluding carboxylic acids is 1. The van der Waals surface area contributed by atoms with Gasteiger partial charge in [0.15, 0.2) is 11.5 Å². The van der Waals surface area contributed by atoms with Crippen molar-refractivity contribution in [1.82, 2.24) is 5.43 Å². The topological polar surface area (TPSA) is 69.2 Å². The molecule has 6 nitrogen and oxygen atoms in total. The second-order valence-corrected chi connectivity index (χ2v) is 6.73. The van der Waals surface area contributed by atoms with E-state index in [0.717, 1.165) is 24.2 Å². The van der Waals surface area contributed by atoms with Gasteiger partial charge >= 0.3 is 0 Å². The summed E-state index contributed by atoms with van der Waals surface area (Å²) in [5.74, 6) is 2.47. The highest BCUT2D eigenvalue weighted by Gasteiger charge is 2.09. The van der Waals surface area contributed by atoms with Crippen LogP contribution >= 0.6 is 0 Å². The predicted octanol–water partition coefficient (Wildman–Crippen LogP) is 4.53. The smallest absolute Gasteiger partial charge is 0.236 e. The molecule has 0 fully saturated rings. The Morgan fingerprint density at radius 1 is 1.10 bits per heavy atom. The van der Waals surface area contributed by atoms with Crippen LogP contribution in [0.15, 0.2) is 47.6 Å². The summed E-state index contributed by atoms with van der Waals surface area (Å²) < 4.78 is 17.2. The fourth-order valence-corrected chi connectivity index (χ4v) is 2.74. The van der Waals surface area contributed by atoms with Crippen LogP contribution in [0.3, 0.4) is 0 Å². The highest BCUT2D eigenvalue weighted by atomic mass is 16.5. The van der Waals surface area contributed by atoms with Crippen LogP contribution in [0.4, 0.5) is 0 Å². The molecular weight excluding hydrogens is 368 g/mol. The maximum atomic E-state index is 10.9. The Morgan fingerprint density at radius 3 is 2.52 bits per heavy atom. The molecule has 0 saturated heterocycles. The molecule has 1 amide bonds. The second-order valence-electron chi connectivity index (χ2n) is 6.73. The highest BCUT2D eigenvalue weighted by molar-refractivity contribution is 5.82. The van der Waals surface area contributed by atoms with Gasteiger partial charge in [-0.1, -0.05) is 32.0 Å². The molecule has 156 valence electrons. The number of hydrogen-bond acceptors (Lipinski definition) is 5. The Balaban J connectivity index is 1.85. The summed E-state index contributed by atoms with van der Waals surface area (Å²) >= 11 is 0. The van der Waals surface area contributed by atoms with Crippen LogP contribution in [-0.4, -0.2) is 32.4 Å². The summed E-state index contributed by atoms with van der Waals surface area (Å²) in [5, 5.41) is 3.85. The molecule has 0 radical (unpaired) electrons. The van der Waals surface area contributed by atoms with E-state index in [1.807, 2.05) is 30.3 Å². The summed E-state index contributed by atoms with van der Waals surface area (Å²) in [6.45, 7) is 6.89. The van der Waals surface area contributed by atoms with E-state index in [0.29, 0.717) is 30.6 Å². The van der Waals surface area contributed by atoms with Crippen LogP contribution in [0.1, 0.15) is 50.7 Å². The molecule has 2 aromatic rings. The first-order valence-electron chi connectivity index (χ1n) is 9.87. The lowest BCUT2D eigenvalue weighted by atomic mass is 9.98. The lowest BCUT2D eigenvalue weighted by Crippen LogP contribution is -2.12. The molecule has 0 aliphatic carbocycles. The van der Waals surface area contributed by atoms with Crippen molar-refractivity contribution in [3.63, 3.8) is 0 Å². The lowest BCUT2D eigenvalue weighted by molar-refractivity contribution is -0.118. The minimum absolute atomic E-state index is 0.220. The van der Waals surface area contributed by atoms with Crippen LogP contribution in [0.25, 0.3) is 0 Å². The Morgan fingerprint density at radius 2 is 1.83 bits per heavy atom. The van der Waals surface area contributed by atoms with E-state index >= 15 is 0 Å². The quantitative estimate of drug-likeness (QED) is 0.343. The van der Waals surface area contributed by atoms with E-state index < -0.39 is 0 Å². The van der Waals surface area contributed by atoms with Crippen LogP contribution in [0.2, 0.25) is 0 Å². The van der Waals surface area contributed by atoms with Crippen molar-refractivity contribution >= 4 is 12.1 Å². The molecule has 2 rings (SSSR count). The molecular formula is C23H30N2O4. The van der Waals surface area contributed by atoms with Gasteiger partial charge in [0.25, 0.3) is 0 Å². The first-order chi connectivity index (χ1) is 14.0. The Kier molecular flexibility index (Phi) is 9.02. The summed E-state index contributed by atoms with van der Waals surface area (Å²) in [4.78, 5) is 10.9. The SMILES string of the molecule is CC[C@H](C)c1ccccc1OCCCOc1ccc(/C=N\NC(C)=O)cc1OC. The first kappa shape index (κ1) is 22.3. The van der Waals surface area contributed by atoms with Crippen molar-refractivity contribution in [2.75, 3.05) is 20.3 Å². The fraction of sp³-hybridized carbons (Fsp3) is 0.391. The number of hydrogen-bond donors (Lipinski definition) is 1. The van der Waals surface area contributed by atoms with Gasteiger partial charge in [0, 0.05) is 13.3 Å². The molecule has 0 spiro atoms. The second kappa shape index (κ2) is 11.7. The van der Waals surface area contributed by atoms with E-state index in [4.69, 9.17) is 14.2 Å². The van der Waals surface area contributed by atoms with Crippen molar-refractivity contribution in [2.24, 2.45) is 5.10 Å². The standard InChI is InChI=1S/C23H30N2O4/c1-5-17(2)20-9-6-7-10-21(20)28-13-8-14-29-22-12-11-19(15-23(22)27-4)16-24-25-18(3)26/h6-7,9-12,15-17H,5,8,13-14H2,1-4H3,(H,25,26)/b24-16-/t17-/m0/s1. The normalized spacial score (nSPS) is 11.9. The summed E-state index contributed by atoms with van der Waals surface area (Å²) in [5.41, 5.74) is 4.41. The number of carbonyl (C=O) groups is 1. The Bertz CT molecular complexity index is 820. The van der Waals surface area contributed by atoms with Crippen LogP contribution in [0.5, 0.6) is 17.2 Å². The van der Waals surface area contributed by atoms with Crippen molar-refractivity contribution in [3.8, 4) is 17.2 Å². The molecule has 0 aromatic heterocycles. The lowest BCUT2D eigenvalue weighted by Gasteiger charge is -2.16. The Hall–Kier alpha value is -3.02. The number of amides is 1. The zero-order valence-corrected chi connectivity index (χ0v) is 17.6. The van der Waals surface area contributed by atoms with Crippen LogP contribution in [0, 0.1) is 0 Å². The molecule has 0 aliphatic heterocycles. The van der Waals surface area contributed by atoms with Crippen molar-refractivity contribution in [1.29, 1.82) is 0 Å². The number of hydrazone groups is 1. The van der Waals surface area contributed by atoms with Gasteiger partial charge in [-0.25, -0.2) is 5.43 Å². The van der Waals surface area contributed by atoms with Gasteiger partial charge in [-0.15, -0.1) is 0 Å². The Labute approximate surface area is 172 Å². The van der Waals surface area contributed by atoms with Gasteiger partial charge in [-0.2, -0.15) is 5.10 Å². The third-order valence-corrected chi connectivity index (χ3v) is 4.49. The number of rotatable bonds is 11. The molecule has 0 heterocycles. The largest absolute Gasteiger partial charge is 0.493 e. The number of nitrogens with one attached hydrogen (secondary N) is 1. The van der Waals surface area contributed by atoms with E-state index in [1.54, 1.807) is 19.4 Å². The molecule has 0 bridgehead atoms. The first-order valence-corrected chi connectivity index (χ1v) is 9.87. The summed E-state index contributed by atoms with van der Waals surface area (Å²) in [6.07, 6.45) is 3.38. The van der Waals surface area contributed by atoms with E-state index in [-0.39, 0.29) is 5.91 Å². The maximum Gasteiger partial charge on any atom is 0.236 e. The number of ether oxygens (including phenoxy) is 3. The average molecular weight is 399 g/mol. The highest BCUT2D eigenvalue weighted by Crippen LogP contribution is 2.29.